The fourth-order valence-corrected chi connectivity index (χ4v) is 5.78. The summed E-state index contributed by atoms with van der Waals surface area (Å²) in [6.07, 6.45) is 1.81. The maximum absolute atomic E-state index is 16.3. The Labute approximate surface area is 273 Å². The lowest BCUT2D eigenvalue weighted by Gasteiger charge is -2.29. The van der Waals surface area contributed by atoms with E-state index in [1.165, 1.54) is 12.8 Å². The van der Waals surface area contributed by atoms with Gasteiger partial charge in [0.2, 0.25) is 0 Å². The number of hydrogen-bond donors (Lipinski definition) is 2. The Kier molecular flexibility index (Phi) is 10.7. The number of amides is 1. The summed E-state index contributed by atoms with van der Waals surface area (Å²) in [4.78, 5) is 27.1. The number of nitrogens with one attached hydrogen (secondary N) is 1. The quantitative estimate of drug-likeness (QED) is 0.207. The molecule has 248 valence electrons. The van der Waals surface area contributed by atoms with Gasteiger partial charge in [-0.2, -0.15) is 0 Å². The Balaban J connectivity index is 1.70. The molecule has 1 aliphatic rings. The summed E-state index contributed by atoms with van der Waals surface area (Å²) in [5, 5.41) is 12.8. The van der Waals surface area contributed by atoms with Crippen molar-refractivity contribution in [1.29, 1.82) is 0 Å². The van der Waals surface area contributed by atoms with Gasteiger partial charge in [-0.15, -0.1) is 0 Å². The maximum Gasteiger partial charge on any atom is 0.408 e. The van der Waals surface area contributed by atoms with E-state index >= 15 is 4.39 Å². The highest BCUT2D eigenvalue weighted by atomic mass is 19.1. The molecule has 2 N–H and O–H groups in total. The number of halogens is 1. The molecule has 0 bridgehead atoms. The fourth-order valence-electron chi connectivity index (χ4n) is 5.78. The van der Waals surface area contributed by atoms with Gasteiger partial charge in [0.15, 0.2) is 0 Å². The van der Waals surface area contributed by atoms with Crippen LogP contribution in [-0.4, -0.2) is 35.9 Å². The number of rotatable bonds is 12. The summed E-state index contributed by atoms with van der Waals surface area (Å²) < 4.78 is 28.0. The third-order valence-electron chi connectivity index (χ3n) is 8.18. The van der Waals surface area contributed by atoms with Crippen molar-refractivity contribution in [2.24, 2.45) is 11.3 Å². The molecule has 4 rings (SSSR count). The summed E-state index contributed by atoms with van der Waals surface area (Å²) in [5.74, 6) is -0.914. The monoisotopic (exact) mass is 632 g/mol. The number of hydrogen-bond acceptors (Lipinski definition) is 5. The van der Waals surface area contributed by atoms with Crippen LogP contribution in [0.4, 0.5) is 14.9 Å². The van der Waals surface area contributed by atoms with E-state index in [0.717, 1.165) is 24.3 Å². The highest BCUT2D eigenvalue weighted by Crippen LogP contribution is 2.40. The number of ether oxygens (including phenoxy) is 2. The minimum absolute atomic E-state index is 0.174. The van der Waals surface area contributed by atoms with E-state index in [2.05, 4.69) is 23.2 Å². The van der Waals surface area contributed by atoms with Gasteiger partial charge < -0.3 is 24.8 Å². The van der Waals surface area contributed by atoms with Gasteiger partial charge in [-0.3, -0.25) is 4.79 Å². The van der Waals surface area contributed by atoms with Crippen LogP contribution in [0.25, 0.3) is 11.1 Å². The number of alkyl carbamates (subject to hydrolysis) is 1. The molecule has 0 spiro atoms. The molecular formula is C38H49FN2O5. The predicted molar refractivity (Wildman–Crippen MR) is 181 cm³/mol. The first-order valence-corrected chi connectivity index (χ1v) is 16.2. The maximum atomic E-state index is 16.3. The highest BCUT2D eigenvalue weighted by Gasteiger charge is 2.35. The molecule has 0 aromatic heterocycles. The predicted octanol–water partition coefficient (Wildman–Crippen LogP) is 9.11. The van der Waals surface area contributed by atoms with Gasteiger partial charge in [-0.1, -0.05) is 57.2 Å². The molecule has 1 fully saturated rings. The minimum Gasteiger partial charge on any atom is -0.489 e. The van der Waals surface area contributed by atoms with Crippen LogP contribution in [0.2, 0.25) is 0 Å². The Bertz CT molecular complexity index is 1540. The number of carboxylic acids is 1. The molecule has 0 saturated heterocycles. The molecule has 3 aromatic carbocycles. The van der Waals surface area contributed by atoms with Gasteiger partial charge in [0.05, 0.1) is 12.0 Å². The van der Waals surface area contributed by atoms with Crippen LogP contribution in [0.15, 0.2) is 60.7 Å². The van der Waals surface area contributed by atoms with Crippen molar-refractivity contribution in [3.05, 3.63) is 83.2 Å². The molecule has 3 aromatic rings. The van der Waals surface area contributed by atoms with E-state index in [1.54, 1.807) is 52.0 Å². The lowest BCUT2D eigenvalue weighted by Crippen LogP contribution is -2.34. The van der Waals surface area contributed by atoms with Gasteiger partial charge in [0.25, 0.3) is 0 Å². The second kappa shape index (κ2) is 14.1. The van der Waals surface area contributed by atoms with E-state index in [0.29, 0.717) is 33.9 Å². The first-order valence-electron chi connectivity index (χ1n) is 16.2. The van der Waals surface area contributed by atoms with Crippen LogP contribution < -0.4 is 15.0 Å². The van der Waals surface area contributed by atoms with Gasteiger partial charge in [-0.25, -0.2) is 9.18 Å². The molecule has 1 aliphatic carbocycles. The van der Waals surface area contributed by atoms with Gasteiger partial charge in [-0.05, 0) is 94.2 Å². The lowest BCUT2D eigenvalue weighted by molar-refractivity contribution is -0.141. The van der Waals surface area contributed by atoms with Crippen LogP contribution in [0.1, 0.15) is 96.9 Å². The van der Waals surface area contributed by atoms with Crippen LogP contribution in [0.5, 0.6) is 5.75 Å². The van der Waals surface area contributed by atoms with E-state index < -0.39 is 40.9 Å². The molecule has 1 amide bonds. The second-order valence-electron chi connectivity index (χ2n) is 14.4. The van der Waals surface area contributed by atoms with Crippen molar-refractivity contribution >= 4 is 17.7 Å². The van der Waals surface area contributed by atoms with E-state index in [-0.39, 0.29) is 6.61 Å². The largest absolute Gasteiger partial charge is 0.489 e. The fraction of sp³-hybridized carbons (Fsp3) is 0.474. The molecule has 0 radical (unpaired) electrons. The molecule has 46 heavy (non-hydrogen) atoms. The third kappa shape index (κ3) is 9.02. The molecule has 2 atom stereocenters. The van der Waals surface area contributed by atoms with Crippen molar-refractivity contribution in [3.63, 3.8) is 0 Å². The first kappa shape index (κ1) is 34.8. The zero-order valence-corrected chi connectivity index (χ0v) is 28.4. The average Bonchev–Trinajstić information content (AvgIpc) is 3.77. The number of aliphatic carboxylic acids is 1. The van der Waals surface area contributed by atoms with Crippen molar-refractivity contribution < 1.29 is 28.6 Å². The number of carboxylic acid groups (broad SMARTS) is 1. The number of benzene rings is 3. The topological polar surface area (TPSA) is 88.1 Å². The molecule has 7 nitrogen and oxygen atoms in total. The Morgan fingerprint density at radius 3 is 2.28 bits per heavy atom. The summed E-state index contributed by atoms with van der Waals surface area (Å²) in [6, 6.07) is 17.9. The number of para-hydroxylation sites is 1. The van der Waals surface area contributed by atoms with Crippen LogP contribution in [-0.2, 0) is 16.1 Å². The van der Waals surface area contributed by atoms with Crippen molar-refractivity contribution in [3.8, 4) is 16.9 Å². The highest BCUT2D eigenvalue weighted by molar-refractivity contribution is 5.78. The summed E-state index contributed by atoms with van der Waals surface area (Å²) in [6.45, 7) is 16.8. The Morgan fingerprint density at radius 2 is 1.67 bits per heavy atom. The average molecular weight is 633 g/mol. The zero-order valence-electron chi connectivity index (χ0n) is 28.4. The Hall–Kier alpha value is -4.07. The number of nitrogens with zero attached hydrogens (tertiary/aromatic N) is 1. The molecule has 0 aliphatic heterocycles. The molecule has 0 heterocycles. The van der Waals surface area contributed by atoms with E-state index in [4.69, 9.17) is 9.47 Å². The molecular weight excluding hydrogens is 583 g/mol. The standard InChI is InChI=1S/C38H49FN2O5/c1-9-41(22-25-17-18-25)28-20-26(23-45-32-16-11-10-13-31(32)33(35(42)43)37(3,4)5)19-27(21-28)30-15-12-14-29(34(30)39)24(2)40-36(44)46-38(6,7)8/h10-16,19-21,24-25,33H,9,17-18,22-23H2,1-8H3,(H,40,44)(H,42,43). The molecule has 2 unspecified atom stereocenters. The van der Waals surface area contributed by atoms with Crippen molar-refractivity contribution in [1.82, 2.24) is 5.32 Å². The normalized spacial score (nSPS) is 14.7. The molecule has 8 heteroatoms. The van der Waals surface area contributed by atoms with Gasteiger partial charge in [0, 0.05) is 35.5 Å². The second-order valence-corrected chi connectivity index (χ2v) is 14.4. The molecule has 1 saturated carbocycles. The zero-order chi connectivity index (χ0) is 33.8. The third-order valence-corrected chi connectivity index (χ3v) is 8.18. The van der Waals surface area contributed by atoms with Crippen LogP contribution >= 0.6 is 0 Å². The van der Waals surface area contributed by atoms with Crippen molar-refractivity contribution in [2.45, 2.75) is 92.4 Å². The Morgan fingerprint density at radius 1 is 1.00 bits per heavy atom. The van der Waals surface area contributed by atoms with E-state index in [9.17, 15) is 14.7 Å². The van der Waals surface area contributed by atoms with Crippen molar-refractivity contribution in [2.75, 3.05) is 18.0 Å². The summed E-state index contributed by atoms with van der Waals surface area (Å²) in [5.41, 5.74) is 2.70. The lowest BCUT2D eigenvalue weighted by atomic mass is 9.76. The number of carbonyl (C=O) groups excluding carboxylic acids is 1. The van der Waals surface area contributed by atoms with Gasteiger partial charge >= 0.3 is 12.1 Å². The summed E-state index contributed by atoms with van der Waals surface area (Å²) >= 11 is 0. The minimum atomic E-state index is -0.905. The first-order chi connectivity index (χ1) is 21.6. The smallest absolute Gasteiger partial charge is 0.408 e. The number of anilines is 1. The van der Waals surface area contributed by atoms with Crippen LogP contribution in [0, 0.1) is 17.2 Å². The SMILES string of the molecule is CCN(CC1CC1)c1cc(COc2ccccc2C(C(=O)O)C(C)(C)C)cc(-c2cccc(C(C)NC(=O)OC(C)(C)C)c2F)c1. The number of carbonyl (C=O) groups is 2. The van der Waals surface area contributed by atoms with Crippen LogP contribution in [0.3, 0.4) is 0 Å². The van der Waals surface area contributed by atoms with Gasteiger partial charge in [0.1, 0.15) is 23.8 Å². The van der Waals surface area contributed by atoms with E-state index in [1.807, 2.05) is 51.1 Å². The summed E-state index contributed by atoms with van der Waals surface area (Å²) in [7, 11) is 0.